The maximum absolute atomic E-state index is 5.16. The zero-order valence-electron chi connectivity index (χ0n) is 11.1. The first-order chi connectivity index (χ1) is 9.19. The summed E-state index contributed by atoms with van der Waals surface area (Å²) in [4.78, 5) is 4.40. The van der Waals surface area contributed by atoms with Gasteiger partial charge in [0.15, 0.2) is 0 Å². The van der Waals surface area contributed by atoms with Crippen molar-refractivity contribution in [2.45, 2.75) is 19.5 Å². The van der Waals surface area contributed by atoms with Crippen molar-refractivity contribution < 1.29 is 4.74 Å². The molecule has 0 spiro atoms. The fraction of sp³-hybridized carbons (Fsp3) is 0.267. The summed E-state index contributed by atoms with van der Waals surface area (Å²) in [6.07, 6.45) is 0. The zero-order valence-corrected chi connectivity index (χ0v) is 12.6. The molecule has 0 saturated carbocycles. The Morgan fingerprint density at radius 1 is 1.21 bits per heavy atom. The van der Waals surface area contributed by atoms with Gasteiger partial charge in [0, 0.05) is 12.6 Å². The number of nitrogens with zero attached hydrogens (tertiary/aromatic N) is 1. The molecule has 2 aromatic rings. The summed E-state index contributed by atoms with van der Waals surface area (Å²) >= 11 is 3.38. The van der Waals surface area contributed by atoms with Crippen molar-refractivity contribution in [3.63, 3.8) is 0 Å². The van der Waals surface area contributed by atoms with E-state index in [0.717, 1.165) is 22.6 Å². The molecule has 0 aliphatic carbocycles. The van der Waals surface area contributed by atoms with Crippen LogP contribution < -0.4 is 10.1 Å². The number of hydrogen-bond donors (Lipinski definition) is 1. The van der Waals surface area contributed by atoms with Crippen LogP contribution in [-0.4, -0.2) is 12.1 Å². The molecule has 1 aromatic heterocycles. The second-order valence-corrected chi connectivity index (χ2v) is 5.14. The largest absolute Gasteiger partial charge is 0.497 e. The molecule has 19 heavy (non-hydrogen) atoms. The molecule has 0 amide bonds. The van der Waals surface area contributed by atoms with E-state index in [-0.39, 0.29) is 6.04 Å². The highest BCUT2D eigenvalue weighted by molar-refractivity contribution is 9.10. The Bertz CT molecular complexity index is 528. The van der Waals surface area contributed by atoms with E-state index in [9.17, 15) is 0 Å². The predicted octanol–water partition coefficient (Wildman–Crippen LogP) is 3.70. The average Bonchev–Trinajstić information content (AvgIpc) is 2.45. The zero-order chi connectivity index (χ0) is 13.7. The van der Waals surface area contributed by atoms with Crippen molar-refractivity contribution in [2.24, 2.45) is 0 Å². The molecule has 2 rings (SSSR count). The first-order valence-corrected chi connectivity index (χ1v) is 6.97. The Hall–Kier alpha value is -1.39. The van der Waals surface area contributed by atoms with Crippen LogP contribution >= 0.6 is 15.9 Å². The highest BCUT2D eigenvalue weighted by atomic mass is 79.9. The van der Waals surface area contributed by atoms with Gasteiger partial charge < -0.3 is 10.1 Å². The van der Waals surface area contributed by atoms with Crippen molar-refractivity contribution in [1.29, 1.82) is 0 Å². The molecule has 1 atom stereocenters. The molecule has 1 N–H and O–H groups in total. The van der Waals surface area contributed by atoms with Gasteiger partial charge in [-0.15, -0.1) is 0 Å². The van der Waals surface area contributed by atoms with Gasteiger partial charge in [-0.05, 0) is 52.7 Å². The molecule has 0 saturated heterocycles. The lowest BCUT2D eigenvalue weighted by Gasteiger charge is -2.14. The summed E-state index contributed by atoms with van der Waals surface area (Å²) in [6, 6.07) is 14.3. The van der Waals surface area contributed by atoms with Crippen LogP contribution in [0.5, 0.6) is 5.75 Å². The molecule has 0 bridgehead atoms. The van der Waals surface area contributed by atoms with Gasteiger partial charge in [0.25, 0.3) is 0 Å². The van der Waals surface area contributed by atoms with E-state index in [1.54, 1.807) is 7.11 Å². The third-order valence-corrected chi connectivity index (χ3v) is 3.42. The fourth-order valence-electron chi connectivity index (χ4n) is 1.82. The standard InChI is InChI=1S/C15H17BrN2O/c1-11(12-6-8-14(19-2)9-7-12)17-10-13-4-3-5-15(16)18-13/h3-9,11,17H,10H2,1-2H3/t11-/m0/s1. The Kier molecular flexibility index (Phi) is 4.93. The second-order valence-electron chi connectivity index (χ2n) is 4.33. The maximum Gasteiger partial charge on any atom is 0.118 e. The van der Waals surface area contributed by atoms with E-state index >= 15 is 0 Å². The number of pyridine rings is 1. The van der Waals surface area contributed by atoms with Gasteiger partial charge in [0.1, 0.15) is 10.4 Å². The molecular formula is C15H17BrN2O. The van der Waals surface area contributed by atoms with Gasteiger partial charge in [0.05, 0.1) is 12.8 Å². The number of benzene rings is 1. The SMILES string of the molecule is COc1ccc([C@H](C)NCc2cccc(Br)n2)cc1. The van der Waals surface area contributed by atoms with Crippen LogP contribution in [0.1, 0.15) is 24.2 Å². The van der Waals surface area contributed by atoms with E-state index in [0.29, 0.717) is 0 Å². The molecule has 0 fully saturated rings. The van der Waals surface area contributed by atoms with Gasteiger partial charge >= 0.3 is 0 Å². The van der Waals surface area contributed by atoms with Crippen LogP contribution in [0.4, 0.5) is 0 Å². The second kappa shape index (κ2) is 6.68. The van der Waals surface area contributed by atoms with E-state index in [1.165, 1.54) is 5.56 Å². The summed E-state index contributed by atoms with van der Waals surface area (Å²) in [6.45, 7) is 2.88. The lowest BCUT2D eigenvalue weighted by atomic mass is 10.1. The summed E-state index contributed by atoms with van der Waals surface area (Å²) in [5, 5.41) is 3.46. The average molecular weight is 321 g/mol. The van der Waals surface area contributed by atoms with Crippen LogP contribution in [-0.2, 0) is 6.54 Å². The minimum absolute atomic E-state index is 0.270. The highest BCUT2D eigenvalue weighted by Gasteiger charge is 2.05. The molecule has 0 aliphatic rings. The molecule has 1 heterocycles. The molecule has 0 aliphatic heterocycles. The molecule has 0 unspecified atom stereocenters. The van der Waals surface area contributed by atoms with E-state index in [4.69, 9.17) is 4.74 Å². The number of hydrogen-bond acceptors (Lipinski definition) is 3. The normalized spacial score (nSPS) is 12.2. The molecule has 1 aromatic carbocycles. The number of nitrogens with one attached hydrogen (secondary N) is 1. The van der Waals surface area contributed by atoms with Gasteiger partial charge in [-0.1, -0.05) is 18.2 Å². The van der Waals surface area contributed by atoms with Crippen molar-refractivity contribution in [1.82, 2.24) is 10.3 Å². The summed E-state index contributed by atoms with van der Waals surface area (Å²) in [5.41, 5.74) is 2.26. The van der Waals surface area contributed by atoms with Gasteiger partial charge in [-0.3, -0.25) is 0 Å². The number of ether oxygens (including phenoxy) is 1. The van der Waals surface area contributed by atoms with Crippen LogP contribution in [0.2, 0.25) is 0 Å². The highest BCUT2D eigenvalue weighted by Crippen LogP contribution is 2.17. The Morgan fingerprint density at radius 3 is 2.58 bits per heavy atom. The molecule has 3 nitrogen and oxygen atoms in total. The van der Waals surface area contributed by atoms with Crippen LogP contribution in [0.3, 0.4) is 0 Å². The maximum atomic E-state index is 5.16. The number of aromatic nitrogens is 1. The smallest absolute Gasteiger partial charge is 0.118 e. The number of rotatable bonds is 5. The monoisotopic (exact) mass is 320 g/mol. The van der Waals surface area contributed by atoms with E-state index in [1.807, 2.05) is 30.3 Å². The quantitative estimate of drug-likeness (QED) is 0.853. The van der Waals surface area contributed by atoms with Crippen molar-refractivity contribution in [2.75, 3.05) is 7.11 Å². The van der Waals surface area contributed by atoms with Gasteiger partial charge in [-0.25, -0.2) is 4.98 Å². The van der Waals surface area contributed by atoms with Crippen LogP contribution in [0.15, 0.2) is 47.1 Å². The first kappa shape index (κ1) is 14.0. The van der Waals surface area contributed by atoms with Crippen molar-refractivity contribution >= 4 is 15.9 Å². The molecule has 100 valence electrons. The van der Waals surface area contributed by atoms with E-state index < -0.39 is 0 Å². The first-order valence-electron chi connectivity index (χ1n) is 6.18. The fourth-order valence-corrected chi connectivity index (χ4v) is 2.20. The lowest BCUT2D eigenvalue weighted by molar-refractivity contribution is 0.414. The van der Waals surface area contributed by atoms with Crippen molar-refractivity contribution in [3.05, 3.63) is 58.3 Å². The third-order valence-electron chi connectivity index (χ3n) is 2.98. The summed E-state index contributed by atoms with van der Waals surface area (Å²) in [5.74, 6) is 0.879. The number of halogens is 1. The molecular weight excluding hydrogens is 304 g/mol. The predicted molar refractivity (Wildman–Crippen MR) is 80.2 cm³/mol. The minimum Gasteiger partial charge on any atom is -0.497 e. The molecule has 0 radical (unpaired) electrons. The van der Waals surface area contributed by atoms with Crippen LogP contribution in [0, 0.1) is 0 Å². The molecule has 4 heteroatoms. The summed E-state index contributed by atoms with van der Waals surface area (Å²) < 4.78 is 6.02. The Balaban J connectivity index is 1.95. The van der Waals surface area contributed by atoms with Gasteiger partial charge in [0.2, 0.25) is 0 Å². The van der Waals surface area contributed by atoms with E-state index in [2.05, 4.69) is 45.3 Å². The number of methoxy groups -OCH3 is 1. The minimum atomic E-state index is 0.270. The van der Waals surface area contributed by atoms with Crippen molar-refractivity contribution in [3.8, 4) is 5.75 Å². The Labute approximate surface area is 122 Å². The topological polar surface area (TPSA) is 34.1 Å². The van der Waals surface area contributed by atoms with Gasteiger partial charge in [-0.2, -0.15) is 0 Å². The van der Waals surface area contributed by atoms with Crippen LogP contribution in [0.25, 0.3) is 0 Å². The lowest BCUT2D eigenvalue weighted by Crippen LogP contribution is -2.18. The Morgan fingerprint density at radius 2 is 1.95 bits per heavy atom. The summed E-state index contributed by atoms with van der Waals surface area (Å²) in [7, 11) is 1.68. The third kappa shape index (κ3) is 4.04.